The summed E-state index contributed by atoms with van der Waals surface area (Å²) in [4.78, 5) is 11.9. The fourth-order valence-electron chi connectivity index (χ4n) is 2.07. The van der Waals surface area contributed by atoms with Crippen molar-refractivity contribution in [2.75, 3.05) is 0 Å². The summed E-state index contributed by atoms with van der Waals surface area (Å²) in [5.41, 5.74) is 1.82. The van der Waals surface area contributed by atoms with E-state index in [1.54, 1.807) is 12.1 Å². The average Bonchev–Trinajstić information content (AvgIpc) is 2.48. The van der Waals surface area contributed by atoms with Crippen molar-refractivity contribution in [1.29, 1.82) is 0 Å². The molecule has 19 heavy (non-hydrogen) atoms. The van der Waals surface area contributed by atoms with Gasteiger partial charge in [0, 0.05) is 5.56 Å². The van der Waals surface area contributed by atoms with E-state index in [2.05, 4.69) is 12.1 Å². The van der Waals surface area contributed by atoms with E-state index in [4.69, 9.17) is 0 Å². The third-order valence-electron chi connectivity index (χ3n) is 3.15. The molecule has 2 aromatic rings. The summed E-state index contributed by atoms with van der Waals surface area (Å²) in [6, 6.07) is 19.1. The third kappa shape index (κ3) is 4.04. The molecule has 0 aliphatic rings. The molecule has 2 aromatic carbocycles. The van der Waals surface area contributed by atoms with E-state index in [-0.39, 0.29) is 5.78 Å². The van der Waals surface area contributed by atoms with E-state index in [9.17, 15) is 9.90 Å². The zero-order valence-electron chi connectivity index (χ0n) is 10.8. The molecule has 0 heterocycles. The van der Waals surface area contributed by atoms with E-state index in [0.29, 0.717) is 12.0 Å². The molecule has 0 saturated carbocycles. The molecular formula is C17H18O2. The van der Waals surface area contributed by atoms with Gasteiger partial charge in [-0.15, -0.1) is 0 Å². The summed E-state index contributed by atoms with van der Waals surface area (Å²) < 4.78 is 0. The van der Waals surface area contributed by atoms with Gasteiger partial charge in [-0.3, -0.25) is 4.79 Å². The normalized spacial score (nSPS) is 12.1. The minimum Gasteiger partial charge on any atom is -0.385 e. The first-order valence-electron chi connectivity index (χ1n) is 6.58. The van der Waals surface area contributed by atoms with Gasteiger partial charge in [0.2, 0.25) is 0 Å². The van der Waals surface area contributed by atoms with Crippen molar-refractivity contribution < 1.29 is 9.90 Å². The van der Waals surface area contributed by atoms with Crippen molar-refractivity contribution in [1.82, 2.24) is 0 Å². The highest BCUT2D eigenvalue weighted by Crippen LogP contribution is 2.10. The summed E-state index contributed by atoms with van der Waals surface area (Å²) >= 11 is 0. The van der Waals surface area contributed by atoms with Gasteiger partial charge in [0.05, 0.1) is 0 Å². The Bertz CT molecular complexity index is 505. The van der Waals surface area contributed by atoms with Crippen LogP contribution in [-0.2, 0) is 6.42 Å². The fourth-order valence-corrected chi connectivity index (χ4v) is 2.07. The van der Waals surface area contributed by atoms with Crippen LogP contribution in [0.3, 0.4) is 0 Å². The van der Waals surface area contributed by atoms with Crippen LogP contribution in [-0.4, -0.2) is 17.0 Å². The summed E-state index contributed by atoms with van der Waals surface area (Å²) in [5, 5.41) is 9.90. The number of aryl methyl sites for hydroxylation is 1. The maximum absolute atomic E-state index is 11.9. The molecule has 0 fully saturated rings. The molecule has 98 valence electrons. The van der Waals surface area contributed by atoms with Crippen LogP contribution in [0.4, 0.5) is 0 Å². The lowest BCUT2D eigenvalue weighted by Crippen LogP contribution is -2.20. The second-order valence-corrected chi connectivity index (χ2v) is 4.62. The maximum atomic E-state index is 11.9. The molecule has 0 aliphatic carbocycles. The van der Waals surface area contributed by atoms with Crippen molar-refractivity contribution in [3.8, 4) is 0 Å². The quantitative estimate of drug-likeness (QED) is 0.803. The van der Waals surface area contributed by atoms with Crippen LogP contribution in [0, 0.1) is 0 Å². The molecule has 2 nitrogen and oxygen atoms in total. The van der Waals surface area contributed by atoms with E-state index < -0.39 is 6.10 Å². The summed E-state index contributed by atoms with van der Waals surface area (Å²) in [7, 11) is 0. The van der Waals surface area contributed by atoms with Crippen LogP contribution in [0.1, 0.15) is 28.8 Å². The molecule has 1 atom stereocenters. The smallest absolute Gasteiger partial charge is 0.191 e. The van der Waals surface area contributed by atoms with E-state index in [1.165, 1.54) is 5.56 Å². The molecule has 0 amide bonds. The van der Waals surface area contributed by atoms with E-state index in [1.807, 2.05) is 36.4 Å². The lowest BCUT2D eigenvalue weighted by molar-refractivity contribution is 0.0727. The zero-order valence-corrected chi connectivity index (χ0v) is 10.8. The van der Waals surface area contributed by atoms with Crippen molar-refractivity contribution in [2.24, 2.45) is 0 Å². The highest BCUT2D eigenvalue weighted by Gasteiger charge is 2.16. The monoisotopic (exact) mass is 254 g/mol. The first-order valence-corrected chi connectivity index (χ1v) is 6.58. The van der Waals surface area contributed by atoms with E-state index in [0.717, 1.165) is 12.8 Å². The Kier molecular flexibility index (Phi) is 4.87. The van der Waals surface area contributed by atoms with E-state index >= 15 is 0 Å². The Morgan fingerprint density at radius 3 is 2.16 bits per heavy atom. The lowest BCUT2D eigenvalue weighted by Gasteiger charge is -2.09. The fraction of sp³-hybridized carbons (Fsp3) is 0.235. The number of carbonyl (C=O) groups excluding carboxylic acids is 1. The second kappa shape index (κ2) is 6.86. The number of Topliss-reactive ketones (excluding diaryl/α,β-unsaturated/α-hetero) is 1. The van der Waals surface area contributed by atoms with Gasteiger partial charge in [-0.25, -0.2) is 0 Å². The molecule has 0 unspecified atom stereocenters. The van der Waals surface area contributed by atoms with Crippen molar-refractivity contribution in [3.63, 3.8) is 0 Å². The topological polar surface area (TPSA) is 37.3 Å². The van der Waals surface area contributed by atoms with Crippen LogP contribution >= 0.6 is 0 Å². The number of aliphatic hydroxyl groups is 1. The van der Waals surface area contributed by atoms with Crippen molar-refractivity contribution >= 4 is 5.78 Å². The molecule has 0 aromatic heterocycles. The highest BCUT2D eigenvalue weighted by molar-refractivity contribution is 5.99. The van der Waals surface area contributed by atoms with Crippen molar-refractivity contribution in [2.45, 2.75) is 25.4 Å². The minimum atomic E-state index is -0.897. The first-order chi connectivity index (χ1) is 9.27. The van der Waals surface area contributed by atoms with Crippen LogP contribution < -0.4 is 0 Å². The van der Waals surface area contributed by atoms with Gasteiger partial charge in [0.15, 0.2) is 5.78 Å². The lowest BCUT2D eigenvalue weighted by atomic mass is 10.0. The van der Waals surface area contributed by atoms with Gasteiger partial charge >= 0.3 is 0 Å². The standard InChI is InChI=1S/C17H18O2/c18-16(17(19)15-11-5-2-6-12-15)13-7-10-14-8-3-1-4-9-14/h1-6,8-9,11-12,16,18H,7,10,13H2/t16-/m1/s1. The third-order valence-corrected chi connectivity index (χ3v) is 3.15. The van der Waals surface area contributed by atoms with Crippen LogP contribution in [0.2, 0.25) is 0 Å². The van der Waals surface area contributed by atoms with Gasteiger partial charge < -0.3 is 5.11 Å². The minimum absolute atomic E-state index is 0.186. The molecular weight excluding hydrogens is 236 g/mol. The molecule has 0 aliphatic heterocycles. The first kappa shape index (κ1) is 13.5. The van der Waals surface area contributed by atoms with Gasteiger partial charge in [-0.05, 0) is 24.8 Å². The zero-order chi connectivity index (χ0) is 13.5. The Hall–Kier alpha value is -1.93. The van der Waals surface area contributed by atoms with Gasteiger partial charge in [0.25, 0.3) is 0 Å². The molecule has 1 N–H and O–H groups in total. The van der Waals surface area contributed by atoms with Gasteiger partial charge in [0.1, 0.15) is 6.10 Å². The maximum Gasteiger partial charge on any atom is 0.191 e. The predicted octanol–water partition coefficient (Wildman–Crippen LogP) is 3.25. The SMILES string of the molecule is O=C(c1ccccc1)[C@H](O)CCCc1ccccc1. The van der Waals surface area contributed by atoms with Crippen molar-refractivity contribution in [3.05, 3.63) is 71.8 Å². The Morgan fingerprint density at radius 2 is 1.53 bits per heavy atom. The number of hydrogen-bond donors (Lipinski definition) is 1. The Morgan fingerprint density at radius 1 is 0.947 bits per heavy atom. The molecule has 0 spiro atoms. The highest BCUT2D eigenvalue weighted by atomic mass is 16.3. The van der Waals surface area contributed by atoms with Crippen LogP contribution in [0.15, 0.2) is 60.7 Å². The number of rotatable bonds is 6. The molecule has 2 rings (SSSR count). The molecule has 0 saturated heterocycles. The molecule has 0 bridgehead atoms. The number of aliphatic hydroxyl groups excluding tert-OH is 1. The Balaban J connectivity index is 1.82. The van der Waals surface area contributed by atoms with Crippen LogP contribution in [0.5, 0.6) is 0 Å². The largest absolute Gasteiger partial charge is 0.385 e. The van der Waals surface area contributed by atoms with Gasteiger partial charge in [-0.1, -0.05) is 60.7 Å². The second-order valence-electron chi connectivity index (χ2n) is 4.62. The number of benzene rings is 2. The number of ketones is 1. The molecule has 0 radical (unpaired) electrons. The number of carbonyl (C=O) groups is 1. The van der Waals surface area contributed by atoms with Crippen LogP contribution in [0.25, 0.3) is 0 Å². The summed E-state index contributed by atoms with van der Waals surface area (Å²) in [6.45, 7) is 0. The van der Waals surface area contributed by atoms with Gasteiger partial charge in [-0.2, -0.15) is 0 Å². The summed E-state index contributed by atoms with van der Waals surface area (Å²) in [5.74, 6) is -0.186. The number of hydrogen-bond acceptors (Lipinski definition) is 2. The predicted molar refractivity (Wildman–Crippen MR) is 76.2 cm³/mol. The Labute approximate surface area is 113 Å². The average molecular weight is 254 g/mol. The summed E-state index contributed by atoms with van der Waals surface area (Å²) in [6.07, 6.45) is 1.30. The molecule has 2 heteroatoms.